The van der Waals surface area contributed by atoms with E-state index in [1.807, 2.05) is 0 Å². The van der Waals surface area contributed by atoms with Gasteiger partial charge in [0.25, 0.3) is 5.91 Å². The van der Waals surface area contributed by atoms with E-state index < -0.39 is 16.3 Å². The highest BCUT2D eigenvalue weighted by Gasteiger charge is 2.48. The van der Waals surface area contributed by atoms with Crippen LogP contribution in [0.5, 0.6) is 0 Å². The van der Waals surface area contributed by atoms with Crippen molar-refractivity contribution >= 4 is 33.8 Å². The number of amides is 3. The van der Waals surface area contributed by atoms with Crippen LogP contribution in [0.4, 0.5) is 4.79 Å². The van der Waals surface area contributed by atoms with E-state index in [9.17, 15) is 14.4 Å². The van der Waals surface area contributed by atoms with Gasteiger partial charge in [-0.1, -0.05) is 15.9 Å². The van der Waals surface area contributed by atoms with Gasteiger partial charge in [-0.2, -0.15) is 0 Å². The summed E-state index contributed by atoms with van der Waals surface area (Å²) < 4.78 is 0. The molecule has 0 spiro atoms. The number of likely N-dealkylation sites (N-methyl/N-ethyl adjacent to an activating group) is 1. The van der Waals surface area contributed by atoms with Gasteiger partial charge in [0.15, 0.2) is 0 Å². The summed E-state index contributed by atoms with van der Waals surface area (Å²) >= 11 is 2.97. The molecule has 1 heterocycles. The molecule has 0 saturated carbocycles. The number of imide groups is 1. The Morgan fingerprint density at radius 1 is 1.47 bits per heavy atom. The van der Waals surface area contributed by atoms with Crippen molar-refractivity contribution in [2.24, 2.45) is 0 Å². The van der Waals surface area contributed by atoms with Crippen molar-refractivity contribution in [3.8, 4) is 0 Å². The maximum atomic E-state index is 11.9. The summed E-state index contributed by atoms with van der Waals surface area (Å²) in [5, 5.41) is 8.70. The average molecular weight is 307 g/mol. The first-order chi connectivity index (χ1) is 7.69. The number of aliphatic carboxylic acids is 1. The van der Waals surface area contributed by atoms with E-state index in [0.717, 1.165) is 4.90 Å². The number of nitrogens with zero attached hydrogens (tertiary/aromatic N) is 2. The first-order valence-corrected chi connectivity index (χ1v) is 6.07. The lowest BCUT2D eigenvalue weighted by Gasteiger charge is -2.22. The largest absolute Gasteiger partial charge is 0.480 e. The van der Waals surface area contributed by atoms with E-state index in [-0.39, 0.29) is 24.9 Å². The average Bonchev–Trinajstić information content (AvgIpc) is 2.39. The molecular weight excluding hydrogens is 292 g/mol. The second-order valence-corrected chi connectivity index (χ2v) is 5.56. The third kappa shape index (κ3) is 2.43. The lowest BCUT2D eigenvalue weighted by molar-refractivity contribution is -0.137. The molecule has 1 saturated heterocycles. The molecule has 0 radical (unpaired) electrons. The van der Waals surface area contributed by atoms with Gasteiger partial charge in [-0.15, -0.1) is 0 Å². The topological polar surface area (TPSA) is 77.9 Å². The monoisotopic (exact) mass is 306 g/mol. The van der Waals surface area contributed by atoms with Gasteiger partial charge in [-0.25, -0.2) is 4.79 Å². The van der Waals surface area contributed by atoms with Crippen LogP contribution in [0.1, 0.15) is 20.3 Å². The zero-order chi connectivity index (χ0) is 13.4. The molecule has 0 aliphatic carbocycles. The molecule has 1 rings (SSSR count). The Kier molecular flexibility index (Phi) is 3.81. The van der Waals surface area contributed by atoms with Gasteiger partial charge in [-0.3, -0.25) is 14.5 Å². The van der Waals surface area contributed by atoms with Crippen LogP contribution in [-0.4, -0.2) is 56.8 Å². The Labute approximate surface area is 108 Å². The number of alkyl halides is 1. The minimum atomic E-state index is -1.00. The molecule has 1 atom stereocenters. The fourth-order valence-corrected chi connectivity index (χ4v) is 1.75. The number of hydrogen-bond donors (Lipinski definition) is 1. The predicted molar refractivity (Wildman–Crippen MR) is 63.9 cm³/mol. The molecule has 0 aromatic carbocycles. The van der Waals surface area contributed by atoms with Crippen LogP contribution in [0.15, 0.2) is 0 Å². The summed E-state index contributed by atoms with van der Waals surface area (Å²) in [7, 11) is 1.56. The van der Waals surface area contributed by atoms with Crippen LogP contribution >= 0.6 is 15.9 Å². The van der Waals surface area contributed by atoms with Gasteiger partial charge >= 0.3 is 12.0 Å². The van der Waals surface area contributed by atoms with Crippen molar-refractivity contribution in [1.29, 1.82) is 0 Å². The molecule has 3 amide bonds. The van der Waals surface area contributed by atoms with Gasteiger partial charge < -0.3 is 10.0 Å². The van der Waals surface area contributed by atoms with Crippen molar-refractivity contribution < 1.29 is 19.5 Å². The molecule has 1 aliphatic heterocycles. The van der Waals surface area contributed by atoms with Gasteiger partial charge in [0.05, 0.1) is 0 Å². The third-order valence-electron chi connectivity index (χ3n) is 3.00. The van der Waals surface area contributed by atoms with E-state index >= 15 is 0 Å². The van der Waals surface area contributed by atoms with Crippen molar-refractivity contribution in [2.75, 3.05) is 13.6 Å². The number of urea groups is 1. The Balaban J connectivity index is 2.71. The highest BCUT2D eigenvalue weighted by molar-refractivity contribution is 9.10. The molecule has 1 fully saturated rings. The van der Waals surface area contributed by atoms with E-state index in [2.05, 4.69) is 15.9 Å². The van der Waals surface area contributed by atoms with E-state index in [4.69, 9.17) is 5.11 Å². The summed E-state index contributed by atoms with van der Waals surface area (Å²) in [4.78, 5) is 36.0. The molecule has 1 N–H and O–H groups in total. The van der Waals surface area contributed by atoms with Crippen LogP contribution in [0.25, 0.3) is 0 Å². The zero-order valence-electron chi connectivity index (χ0n) is 9.94. The molecule has 96 valence electrons. The predicted octanol–water partition coefficient (Wildman–Crippen LogP) is 0.897. The fraction of sp³-hybridized carbons (Fsp3) is 0.700. The Hall–Kier alpha value is -1.11. The number of halogens is 1. The maximum Gasteiger partial charge on any atom is 0.327 e. The third-order valence-corrected chi connectivity index (χ3v) is 3.85. The number of hydrogen-bond acceptors (Lipinski definition) is 3. The standard InChI is InChI=1S/C10H15BrN2O4/c1-10(2)8(16)13(9(17)12(10)3)5-4-6(11)7(14)15/h6H,4-5H2,1-3H3,(H,14,15). The first-order valence-electron chi connectivity index (χ1n) is 5.16. The number of carboxylic acid groups (broad SMARTS) is 1. The Morgan fingerprint density at radius 3 is 2.35 bits per heavy atom. The minimum Gasteiger partial charge on any atom is -0.480 e. The summed E-state index contributed by atoms with van der Waals surface area (Å²) in [6.07, 6.45) is 0.191. The van der Waals surface area contributed by atoms with Crippen LogP contribution < -0.4 is 0 Å². The van der Waals surface area contributed by atoms with E-state index in [1.54, 1.807) is 20.9 Å². The van der Waals surface area contributed by atoms with Crippen LogP contribution in [0.2, 0.25) is 0 Å². The molecular formula is C10H15BrN2O4. The van der Waals surface area contributed by atoms with Gasteiger partial charge in [-0.05, 0) is 20.3 Å². The number of carbonyl (C=O) groups excluding carboxylic acids is 2. The molecule has 7 heteroatoms. The van der Waals surface area contributed by atoms with Crippen molar-refractivity contribution in [1.82, 2.24) is 9.80 Å². The highest BCUT2D eigenvalue weighted by Crippen LogP contribution is 2.26. The molecule has 0 bridgehead atoms. The van der Waals surface area contributed by atoms with Crippen molar-refractivity contribution in [3.05, 3.63) is 0 Å². The number of carbonyl (C=O) groups is 3. The van der Waals surface area contributed by atoms with Crippen molar-refractivity contribution in [3.63, 3.8) is 0 Å². The molecule has 1 unspecified atom stereocenters. The van der Waals surface area contributed by atoms with Crippen LogP contribution in [0, 0.1) is 0 Å². The molecule has 0 aromatic heterocycles. The van der Waals surface area contributed by atoms with Crippen LogP contribution in [0.3, 0.4) is 0 Å². The highest BCUT2D eigenvalue weighted by atomic mass is 79.9. The molecule has 1 aliphatic rings. The number of rotatable bonds is 4. The number of carboxylic acids is 1. The molecule has 0 aromatic rings. The lowest BCUT2D eigenvalue weighted by atomic mass is 10.1. The van der Waals surface area contributed by atoms with Crippen molar-refractivity contribution in [2.45, 2.75) is 30.6 Å². The molecule has 17 heavy (non-hydrogen) atoms. The smallest absolute Gasteiger partial charge is 0.327 e. The summed E-state index contributed by atoms with van der Waals surface area (Å²) in [6, 6.07) is -0.384. The normalized spacial score (nSPS) is 20.9. The van der Waals surface area contributed by atoms with Gasteiger partial charge in [0, 0.05) is 13.6 Å². The first kappa shape index (κ1) is 14.0. The maximum absolute atomic E-state index is 11.9. The Bertz CT molecular complexity index is 369. The summed E-state index contributed by atoms with van der Waals surface area (Å²) in [5.74, 6) is -1.30. The zero-order valence-corrected chi connectivity index (χ0v) is 11.5. The summed E-state index contributed by atoms with van der Waals surface area (Å²) in [5.41, 5.74) is -0.859. The lowest BCUT2D eigenvalue weighted by Crippen LogP contribution is -2.41. The van der Waals surface area contributed by atoms with E-state index in [0.29, 0.717) is 0 Å². The SMILES string of the molecule is CN1C(=O)N(CCC(Br)C(=O)O)C(=O)C1(C)C. The fourth-order valence-electron chi connectivity index (χ4n) is 1.54. The Morgan fingerprint density at radius 2 is 2.00 bits per heavy atom. The van der Waals surface area contributed by atoms with E-state index in [1.165, 1.54) is 4.90 Å². The minimum absolute atomic E-state index is 0.105. The van der Waals surface area contributed by atoms with Gasteiger partial charge in [0.2, 0.25) is 0 Å². The molecule has 6 nitrogen and oxygen atoms in total. The summed E-state index contributed by atoms with van der Waals surface area (Å²) in [6.45, 7) is 3.43. The quantitative estimate of drug-likeness (QED) is 0.618. The van der Waals surface area contributed by atoms with Gasteiger partial charge in [0.1, 0.15) is 10.4 Å². The second-order valence-electron chi connectivity index (χ2n) is 4.45. The second kappa shape index (κ2) is 4.64. The van der Waals surface area contributed by atoms with Crippen LogP contribution in [-0.2, 0) is 9.59 Å².